The van der Waals surface area contributed by atoms with Crippen LogP contribution in [0.5, 0.6) is 0 Å². The third kappa shape index (κ3) is 5.55. The molecule has 0 aliphatic heterocycles. The molecule has 2 atom stereocenters. The summed E-state index contributed by atoms with van der Waals surface area (Å²) >= 11 is 0. The van der Waals surface area contributed by atoms with Crippen molar-refractivity contribution in [2.75, 3.05) is 0 Å². The van der Waals surface area contributed by atoms with Gasteiger partial charge in [0, 0.05) is 6.04 Å². The van der Waals surface area contributed by atoms with E-state index in [1.807, 2.05) is 51.1 Å². The molecule has 0 bridgehead atoms. The van der Waals surface area contributed by atoms with Crippen LogP contribution >= 0.6 is 0 Å². The highest BCUT2D eigenvalue weighted by Crippen LogP contribution is 2.10. The molecule has 1 rings (SSSR count). The number of amides is 2. The van der Waals surface area contributed by atoms with Crippen molar-refractivity contribution in [1.82, 2.24) is 10.6 Å². The highest BCUT2D eigenvalue weighted by molar-refractivity contribution is 5.97. The summed E-state index contributed by atoms with van der Waals surface area (Å²) in [6, 6.07) is 9.68. The van der Waals surface area contributed by atoms with E-state index in [1.165, 1.54) is 0 Å². The molecule has 0 spiro atoms. The van der Waals surface area contributed by atoms with Gasteiger partial charge in [-0.15, -0.1) is 0 Å². The largest absolute Gasteiger partial charge is 0.353 e. The maximum absolute atomic E-state index is 11.7. The lowest BCUT2D eigenvalue weighted by Gasteiger charge is -2.15. The number of carbonyl (C=O) groups excluding carboxylic acids is 2. The molecular weight excluding hydrogens is 240 g/mol. The zero-order valence-corrected chi connectivity index (χ0v) is 11.8. The van der Waals surface area contributed by atoms with Crippen molar-refractivity contribution in [3.63, 3.8) is 0 Å². The Morgan fingerprint density at radius 2 is 1.63 bits per heavy atom. The molecule has 2 N–H and O–H groups in total. The minimum absolute atomic E-state index is 0.0925. The third-order valence-electron chi connectivity index (χ3n) is 3.02. The van der Waals surface area contributed by atoms with E-state index in [0.717, 1.165) is 12.0 Å². The minimum atomic E-state index is -0.253. The van der Waals surface area contributed by atoms with Gasteiger partial charge in [-0.2, -0.15) is 0 Å². The summed E-state index contributed by atoms with van der Waals surface area (Å²) in [6.45, 7) is 5.81. The zero-order valence-electron chi connectivity index (χ0n) is 11.8. The zero-order chi connectivity index (χ0) is 14.3. The van der Waals surface area contributed by atoms with Crippen LogP contribution in [0.1, 0.15) is 45.2 Å². The van der Waals surface area contributed by atoms with Crippen LogP contribution in [0, 0.1) is 0 Å². The van der Waals surface area contributed by atoms with Crippen molar-refractivity contribution in [2.24, 2.45) is 0 Å². The Labute approximate surface area is 114 Å². The van der Waals surface area contributed by atoms with Crippen LogP contribution in [0.3, 0.4) is 0 Å². The Balaban J connectivity index is 2.41. The number of hydrogen-bond acceptors (Lipinski definition) is 2. The molecule has 0 aromatic heterocycles. The highest BCUT2D eigenvalue weighted by Gasteiger charge is 2.14. The van der Waals surface area contributed by atoms with Gasteiger partial charge in [-0.1, -0.05) is 37.3 Å². The molecule has 4 heteroatoms. The Bertz CT molecular complexity index is 417. The van der Waals surface area contributed by atoms with Crippen molar-refractivity contribution in [1.29, 1.82) is 0 Å². The maximum atomic E-state index is 11.7. The van der Waals surface area contributed by atoms with E-state index in [2.05, 4.69) is 10.6 Å². The monoisotopic (exact) mass is 262 g/mol. The lowest BCUT2D eigenvalue weighted by molar-refractivity contribution is -0.129. The van der Waals surface area contributed by atoms with Gasteiger partial charge in [0.1, 0.15) is 6.42 Å². The Morgan fingerprint density at radius 1 is 1.05 bits per heavy atom. The Hall–Kier alpha value is -1.84. The van der Waals surface area contributed by atoms with E-state index in [0.29, 0.717) is 0 Å². The van der Waals surface area contributed by atoms with E-state index in [1.54, 1.807) is 0 Å². The van der Waals surface area contributed by atoms with Gasteiger partial charge < -0.3 is 10.6 Å². The molecule has 0 aliphatic rings. The lowest BCUT2D eigenvalue weighted by atomic mass is 10.1. The number of hydrogen-bond donors (Lipinski definition) is 2. The average Bonchev–Trinajstić information content (AvgIpc) is 2.39. The van der Waals surface area contributed by atoms with E-state index in [9.17, 15) is 9.59 Å². The standard InChI is InChI=1S/C15H22N2O2/c1-4-11(2)16-14(18)10-15(19)17-12(3)13-8-6-5-7-9-13/h5-9,11-12H,4,10H2,1-3H3,(H,16,18)(H,17,19). The molecular formula is C15H22N2O2. The van der Waals surface area contributed by atoms with Crippen LogP contribution in [0.2, 0.25) is 0 Å². The number of carbonyl (C=O) groups is 2. The molecule has 0 heterocycles. The summed E-state index contributed by atoms with van der Waals surface area (Å²) in [6.07, 6.45) is 0.731. The lowest BCUT2D eigenvalue weighted by Crippen LogP contribution is -2.37. The highest BCUT2D eigenvalue weighted by atomic mass is 16.2. The second kappa shape index (κ2) is 7.56. The van der Waals surface area contributed by atoms with Crippen LogP contribution in [-0.2, 0) is 9.59 Å². The molecule has 2 amide bonds. The summed E-state index contributed by atoms with van der Waals surface area (Å²) in [5.41, 5.74) is 1.03. The molecule has 104 valence electrons. The molecule has 0 fully saturated rings. The van der Waals surface area contributed by atoms with Crippen LogP contribution in [-0.4, -0.2) is 17.9 Å². The quantitative estimate of drug-likeness (QED) is 0.772. The van der Waals surface area contributed by atoms with Crippen LogP contribution in [0.25, 0.3) is 0 Å². The molecule has 0 aliphatic carbocycles. The third-order valence-corrected chi connectivity index (χ3v) is 3.02. The van der Waals surface area contributed by atoms with Crippen molar-refractivity contribution in [2.45, 2.75) is 45.7 Å². The maximum Gasteiger partial charge on any atom is 0.229 e. The van der Waals surface area contributed by atoms with Crippen molar-refractivity contribution in [3.05, 3.63) is 35.9 Å². The average molecular weight is 262 g/mol. The molecule has 4 nitrogen and oxygen atoms in total. The van der Waals surface area contributed by atoms with E-state index >= 15 is 0 Å². The fourth-order valence-electron chi connectivity index (χ4n) is 1.69. The molecule has 0 saturated heterocycles. The molecule has 1 aromatic rings. The summed E-state index contributed by atoms with van der Waals surface area (Å²) in [5.74, 6) is -0.482. The molecule has 2 unspecified atom stereocenters. The SMILES string of the molecule is CCC(C)NC(=O)CC(=O)NC(C)c1ccccc1. The summed E-state index contributed by atoms with van der Waals surface area (Å²) < 4.78 is 0. The second-order valence-corrected chi connectivity index (χ2v) is 4.75. The predicted molar refractivity (Wildman–Crippen MR) is 75.5 cm³/mol. The fraction of sp³-hybridized carbons (Fsp3) is 0.467. The first kappa shape index (κ1) is 15.2. The van der Waals surface area contributed by atoms with Crippen LogP contribution in [0.15, 0.2) is 30.3 Å². The van der Waals surface area contributed by atoms with Gasteiger partial charge in [-0.05, 0) is 25.8 Å². The van der Waals surface area contributed by atoms with Gasteiger partial charge in [0.15, 0.2) is 0 Å². The van der Waals surface area contributed by atoms with Gasteiger partial charge in [-0.3, -0.25) is 9.59 Å². The minimum Gasteiger partial charge on any atom is -0.353 e. The van der Waals surface area contributed by atoms with Gasteiger partial charge in [-0.25, -0.2) is 0 Å². The number of benzene rings is 1. The van der Waals surface area contributed by atoms with Crippen LogP contribution in [0.4, 0.5) is 0 Å². The van der Waals surface area contributed by atoms with E-state index < -0.39 is 0 Å². The summed E-state index contributed by atoms with van der Waals surface area (Å²) in [4.78, 5) is 23.3. The molecule has 1 aromatic carbocycles. The van der Waals surface area contributed by atoms with Gasteiger partial charge >= 0.3 is 0 Å². The summed E-state index contributed by atoms with van der Waals surface area (Å²) in [7, 11) is 0. The van der Waals surface area contributed by atoms with Crippen molar-refractivity contribution < 1.29 is 9.59 Å². The van der Waals surface area contributed by atoms with E-state index in [-0.39, 0.29) is 30.3 Å². The number of nitrogens with one attached hydrogen (secondary N) is 2. The predicted octanol–water partition coefficient (Wildman–Crippen LogP) is 2.17. The van der Waals surface area contributed by atoms with Gasteiger partial charge in [0.05, 0.1) is 6.04 Å². The van der Waals surface area contributed by atoms with Gasteiger partial charge in [0.25, 0.3) is 0 Å². The van der Waals surface area contributed by atoms with Gasteiger partial charge in [0.2, 0.25) is 11.8 Å². The van der Waals surface area contributed by atoms with Crippen molar-refractivity contribution in [3.8, 4) is 0 Å². The molecule has 0 saturated carbocycles. The van der Waals surface area contributed by atoms with Crippen LogP contribution < -0.4 is 10.6 Å². The first-order valence-electron chi connectivity index (χ1n) is 6.66. The Kier molecular flexibility index (Phi) is 6.06. The van der Waals surface area contributed by atoms with E-state index in [4.69, 9.17) is 0 Å². The molecule has 0 radical (unpaired) electrons. The molecule has 19 heavy (non-hydrogen) atoms. The van der Waals surface area contributed by atoms with Crippen molar-refractivity contribution >= 4 is 11.8 Å². The normalized spacial score (nSPS) is 13.4. The smallest absolute Gasteiger partial charge is 0.229 e. The fourth-order valence-corrected chi connectivity index (χ4v) is 1.69. The Morgan fingerprint density at radius 3 is 2.21 bits per heavy atom. The first-order chi connectivity index (χ1) is 9.02. The second-order valence-electron chi connectivity index (χ2n) is 4.75. The topological polar surface area (TPSA) is 58.2 Å². The first-order valence-corrected chi connectivity index (χ1v) is 6.66. The summed E-state index contributed by atoms with van der Waals surface area (Å²) in [5, 5.41) is 5.59. The number of rotatable bonds is 6.